The molecule has 1 unspecified atom stereocenters. The van der Waals surface area contributed by atoms with Gasteiger partial charge >= 0.3 is 7.82 Å². The quantitative estimate of drug-likeness (QED) is 0.398. The fourth-order valence-corrected chi connectivity index (χ4v) is 3.88. The molecule has 0 spiro atoms. The second kappa shape index (κ2) is 9.60. The third-order valence-corrected chi connectivity index (χ3v) is 5.20. The minimum absolute atomic E-state index is 0.00670. The first-order chi connectivity index (χ1) is 14.7. The number of phosphoric ester groups is 1. The van der Waals surface area contributed by atoms with Crippen molar-refractivity contribution in [2.75, 3.05) is 0 Å². The highest BCUT2D eigenvalue weighted by Crippen LogP contribution is 2.46. The van der Waals surface area contributed by atoms with Gasteiger partial charge in [-0.15, -0.1) is 0 Å². The lowest BCUT2D eigenvalue weighted by atomic mass is 9.98. The number of aryl methyl sites for hydroxylation is 1. The van der Waals surface area contributed by atoms with Gasteiger partial charge in [0.25, 0.3) is 0 Å². The first-order valence-electron chi connectivity index (χ1n) is 9.50. The van der Waals surface area contributed by atoms with Gasteiger partial charge in [-0.2, -0.15) is 0 Å². The lowest BCUT2D eigenvalue weighted by molar-refractivity contribution is -0.119. The number of ketones is 1. The summed E-state index contributed by atoms with van der Waals surface area (Å²) in [5, 5.41) is 2.63. The van der Waals surface area contributed by atoms with Crippen LogP contribution in [0, 0.1) is 6.92 Å². The molecular formula is C23H22NO6P. The highest BCUT2D eigenvalue weighted by atomic mass is 31.2. The monoisotopic (exact) mass is 439 g/mol. The number of nitrogens with one attached hydrogen (secondary N) is 1. The molecule has 0 bridgehead atoms. The second-order valence-corrected chi connectivity index (χ2v) is 8.15. The first-order valence-corrected chi connectivity index (χ1v) is 11.0. The average Bonchev–Trinajstić information content (AvgIpc) is 2.74. The summed E-state index contributed by atoms with van der Waals surface area (Å²) in [4.78, 5) is 34.6. The maximum Gasteiger partial charge on any atom is 0.584 e. The third-order valence-electron chi connectivity index (χ3n) is 4.35. The molecule has 0 aromatic heterocycles. The minimum Gasteiger partial charge on any atom is -0.395 e. The molecule has 2 N–H and O–H groups in total. The molecule has 0 fully saturated rings. The number of carbonyl (C=O) groups is 2. The van der Waals surface area contributed by atoms with Crippen molar-refractivity contribution in [3.63, 3.8) is 0 Å². The summed E-state index contributed by atoms with van der Waals surface area (Å²) in [6.07, 6.45) is 0. The van der Waals surface area contributed by atoms with Crippen LogP contribution in [-0.2, 0) is 15.9 Å². The Balaban J connectivity index is 1.95. The van der Waals surface area contributed by atoms with E-state index in [1.165, 1.54) is 25.1 Å². The summed E-state index contributed by atoms with van der Waals surface area (Å²) in [5.41, 5.74) is 1.70. The number of para-hydroxylation sites is 1. The van der Waals surface area contributed by atoms with Gasteiger partial charge < -0.3 is 14.4 Å². The van der Waals surface area contributed by atoms with E-state index in [9.17, 15) is 19.0 Å². The fraction of sp³-hybridized carbons (Fsp3) is 0.130. The van der Waals surface area contributed by atoms with Gasteiger partial charge in [-0.1, -0.05) is 48.5 Å². The van der Waals surface area contributed by atoms with Gasteiger partial charge in [-0.25, -0.2) is 4.57 Å². The smallest absolute Gasteiger partial charge is 0.395 e. The maximum atomic E-state index is 12.9. The van der Waals surface area contributed by atoms with Gasteiger partial charge in [0.2, 0.25) is 5.91 Å². The molecule has 3 aromatic carbocycles. The van der Waals surface area contributed by atoms with Crippen molar-refractivity contribution in [2.24, 2.45) is 0 Å². The average molecular weight is 439 g/mol. The number of hydrogen-bond acceptors (Lipinski definition) is 5. The third kappa shape index (κ3) is 6.04. The van der Waals surface area contributed by atoms with Crippen LogP contribution >= 0.6 is 7.82 Å². The zero-order valence-corrected chi connectivity index (χ0v) is 18.0. The van der Waals surface area contributed by atoms with Crippen LogP contribution in [0.4, 0.5) is 0 Å². The van der Waals surface area contributed by atoms with Crippen molar-refractivity contribution < 1.29 is 28.1 Å². The van der Waals surface area contributed by atoms with Crippen LogP contribution in [0.1, 0.15) is 34.0 Å². The Morgan fingerprint density at radius 2 is 1.55 bits per heavy atom. The first kappa shape index (κ1) is 22.3. The molecule has 160 valence electrons. The Labute approximate surface area is 180 Å². The molecular weight excluding hydrogens is 417 g/mol. The Morgan fingerprint density at radius 1 is 0.935 bits per heavy atom. The molecule has 0 aliphatic rings. The van der Waals surface area contributed by atoms with Crippen molar-refractivity contribution in [3.8, 4) is 11.5 Å². The van der Waals surface area contributed by atoms with Gasteiger partial charge in [-0.05, 0) is 36.8 Å². The van der Waals surface area contributed by atoms with E-state index in [2.05, 4.69) is 5.32 Å². The van der Waals surface area contributed by atoms with E-state index in [0.29, 0.717) is 22.3 Å². The van der Waals surface area contributed by atoms with Crippen LogP contribution in [0.15, 0.2) is 72.8 Å². The summed E-state index contributed by atoms with van der Waals surface area (Å²) >= 11 is 0. The van der Waals surface area contributed by atoms with E-state index in [0.717, 1.165) is 0 Å². The summed E-state index contributed by atoms with van der Waals surface area (Å²) in [7, 11) is -4.53. The Bertz CT molecular complexity index is 1130. The van der Waals surface area contributed by atoms with E-state index < -0.39 is 7.82 Å². The van der Waals surface area contributed by atoms with E-state index in [1.54, 1.807) is 55.5 Å². The molecule has 1 atom stereocenters. The number of hydrogen-bond donors (Lipinski definition) is 2. The molecule has 1 amide bonds. The van der Waals surface area contributed by atoms with E-state index in [-0.39, 0.29) is 29.7 Å². The van der Waals surface area contributed by atoms with Crippen LogP contribution < -0.4 is 14.4 Å². The zero-order valence-electron chi connectivity index (χ0n) is 17.1. The van der Waals surface area contributed by atoms with Gasteiger partial charge in [0, 0.05) is 30.2 Å². The molecule has 0 saturated carbocycles. The summed E-state index contributed by atoms with van der Waals surface area (Å²) < 4.78 is 23.1. The molecule has 3 aromatic rings. The van der Waals surface area contributed by atoms with E-state index in [4.69, 9.17) is 9.05 Å². The second-order valence-electron chi connectivity index (χ2n) is 6.85. The van der Waals surface area contributed by atoms with Crippen LogP contribution in [0.5, 0.6) is 11.5 Å². The standard InChI is InChI=1S/C23H22NO6P/c1-16-13-19(22(26)18-9-5-3-6-10-18)14-20(15-24-17(2)25)23(16)30-31(27,28)29-21-11-7-4-8-12-21/h3-14H,15H2,1-2H3,(H,24,25)(H,27,28). The Hall–Kier alpha value is -3.41. The highest BCUT2D eigenvalue weighted by Gasteiger charge is 2.28. The SMILES string of the molecule is CC(=O)NCc1cc(C(=O)c2ccccc2)cc(C)c1OP(=O)(O)Oc1ccccc1. The van der Waals surface area contributed by atoms with Crippen molar-refractivity contribution >= 4 is 19.5 Å². The van der Waals surface area contributed by atoms with Gasteiger partial charge in [0.05, 0.1) is 0 Å². The molecule has 7 nitrogen and oxygen atoms in total. The van der Waals surface area contributed by atoms with Crippen molar-refractivity contribution in [2.45, 2.75) is 20.4 Å². The number of carbonyl (C=O) groups excluding carboxylic acids is 2. The minimum atomic E-state index is -4.53. The number of benzene rings is 3. The van der Waals surface area contributed by atoms with Crippen molar-refractivity contribution in [3.05, 3.63) is 95.1 Å². The highest BCUT2D eigenvalue weighted by molar-refractivity contribution is 7.48. The molecule has 0 saturated heterocycles. The molecule has 3 rings (SSSR count). The number of rotatable bonds is 8. The van der Waals surface area contributed by atoms with Crippen LogP contribution in [0.25, 0.3) is 0 Å². The lowest BCUT2D eigenvalue weighted by Crippen LogP contribution is -2.20. The largest absolute Gasteiger partial charge is 0.584 e. The van der Waals surface area contributed by atoms with Crippen LogP contribution in [-0.4, -0.2) is 16.6 Å². The molecule has 8 heteroatoms. The van der Waals surface area contributed by atoms with Crippen LogP contribution in [0.3, 0.4) is 0 Å². The maximum absolute atomic E-state index is 12.9. The predicted molar refractivity (Wildman–Crippen MR) is 116 cm³/mol. The summed E-state index contributed by atoms with van der Waals surface area (Å²) in [6, 6.07) is 20.0. The summed E-state index contributed by atoms with van der Waals surface area (Å²) in [5.74, 6) is -0.270. The van der Waals surface area contributed by atoms with Gasteiger partial charge in [-0.3, -0.25) is 14.5 Å². The van der Waals surface area contributed by atoms with Gasteiger partial charge in [0.15, 0.2) is 5.78 Å². The Kier molecular flexibility index (Phi) is 6.90. The molecule has 0 heterocycles. The lowest BCUT2D eigenvalue weighted by Gasteiger charge is -2.19. The predicted octanol–water partition coefficient (Wildman–Crippen LogP) is 4.42. The Morgan fingerprint density at radius 3 is 2.16 bits per heavy atom. The normalized spacial score (nSPS) is 12.5. The van der Waals surface area contributed by atoms with Crippen LogP contribution in [0.2, 0.25) is 0 Å². The molecule has 0 aliphatic heterocycles. The topological polar surface area (TPSA) is 102 Å². The van der Waals surface area contributed by atoms with E-state index >= 15 is 0 Å². The van der Waals surface area contributed by atoms with E-state index in [1.807, 2.05) is 6.07 Å². The molecule has 0 aliphatic carbocycles. The number of phosphoric acid groups is 1. The van der Waals surface area contributed by atoms with Gasteiger partial charge in [0.1, 0.15) is 11.5 Å². The number of amides is 1. The van der Waals surface area contributed by atoms with Crippen molar-refractivity contribution in [1.82, 2.24) is 5.32 Å². The molecule has 31 heavy (non-hydrogen) atoms. The summed E-state index contributed by atoms with van der Waals surface area (Å²) in [6.45, 7) is 3.01. The van der Waals surface area contributed by atoms with Crippen molar-refractivity contribution in [1.29, 1.82) is 0 Å². The zero-order chi connectivity index (χ0) is 22.4. The fourth-order valence-electron chi connectivity index (χ4n) is 2.96. The molecule has 0 radical (unpaired) electrons.